The lowest BCUT2D eigenvalue weighted by atomic mass is 10.1. The maximum absolute atomic E-state index is 12.5. The third-order valence-electron chi connectivity index (χ3n) is 4.47. The molecule has 6 heteroatoms. The lowest BCUT2D eigenvalue weighted by Gasteiger charge is -2.19. The average molecular weight is 377 g/mol. The summed E-state index contributed by atoms with van der Waals surface area (Å²) >= 11 is 0. The second kappa shape index (κ2) is 8.52. The van der Waals surface area contributed by atoms with Crippen LogP contribution in [0.25, 0.3) is 11.3 Å². The molecule has 0 atom stereocenters. The smallest absolute Gasteiger partial charge is 0.294 e. The van der Waals surface area contributed by atoms with E-state index in [-0.39, 0.29) is 17.6 Å². The summed E-state index contributed by atoms with van der Waals surface area (Å²) in [4.78, 5) is 25.8. The fourth-order valence-corrected chi connectivity index (χ4v) is 2.85. The highest BCUT2D eigenvalue weighted by molar-refractivity contribution is 6.02. The third-order valence-corrected chi connectivity index (χ3v) is 4.47. The standard InChI is InChI=1S/C22H23N3O3/c1-4-25(16(3)26)14-17-6-5-7-19(12-17)23-22(27)21-13-20(24-28-21)18-10-8-15(2)9-11-18/h5-13H,4,14H2,1-3H3,(H,23,27). The predicted octanol–water partition coefficient (Wildman–Crippen LogP) is 4.27. The van der Waals surface area contributed by atoms with Crippen LogP contribution in [0.2, 0.25) is 0 Å². The number of hydrogen-bond donors (Lipinski definition) is 1. The molecule has 0 aliphatic carbocycles. The Hall–Kier alpha value is -3.41. The zero-order valence-corrected chi connectivity index (χ0v) is 16.2. The van der Waals surface area contributed by atoms with Gasteiger partial charge in [-0.3, -0.25) is 9.59 Å². The number of nitrogens with zero attached hydrogens (tertiary/aromatic N) is 2. The first kappa shape index (κ1) is 19.4. The predicted molar refractivity (Wildman–Crippen MR) is 108 cm³/mol. The van der Waals surface area contributed by atoms with Crippen LogP contribution in [0.4, 0.5) is 5.69 Å². The van der Waals surface area contributed by atoms with Gasteiger partial charge in [0.15, 0.2) is 0 Å². The molecule has 0 radical (unpaired) electrons. The van der Waals surface area contributed by atoms with Gasteiger partial charge in [0.25, 0.3) is 5.91 Å². The molecule has 0 spiro atoms. The molecule has 6 nitrogen and oxygen atoms in total. The minimum Gasteiger partial charge on any atom is -0.350 e. The molecule has 0 saturated heterocycles. The van der Waals surface area contributed by atoms with E-state index in [0.29, 0.717) is 24.5 Å². The van der Waals surface area contributed by atoms with Crippen molar-refractivity contribution in [2.24, 2.45) is 0 Å². The van der Waals surface area contributed by atoms with Crippen LogP contribution in [0, 0.1) is 6.92 Å². The van der Waals surface area contributed by atoms with Crippen molar-refractivity contribution in [3.63, 3.8) is 0 Å². The van der Waals surface area contributed by atoms with Gasteiger partial charge in [-0.05, 0) is 31.5 Å². The Bertz CT molecular complexity index is 977. The van der Waals surface area contributed by atoms with Crippen LogP contribution in [0.15, 0.2) is 59.1 Å². The number of amides is 2. The number of aryl methyl sites for hydroxylation is 1. The quantitative estimate of drug-likeness (QED) is 0.696. The summed E-state index contributed by atoms with van der Waals surface area (Å²) in [5.74, 6) is -0.218. The van der Waals surface area contributed by atoms with E-state index in [9.17, 15) is 9.59 Å². The van der Waals surface area contributed by atoms with Crippen LogP contribution in [0.3, 0.4) is 0 Å². The van der Waals surface area contributed by atoms with Gasteiger partial charge in [-0.2, -0.15) is 0 Å². The van der Waals surface area contributed by atoms with Crippen LogP contribution in [-0.4, -0.2) is 28.4 Å². The molecule has 28 heavy (non-hydrogen) atoms. The monoisotopic (exact) mass is 377 g/mol. The fourth-order valence-electron chi connectivity index (χ4n) is 2.85. The third kappa shape index (κ3) is 4.65. The molecule has 3 rings (SSSR count). The summed E-state index contributed by atoms with van der Waals surface area (Å²) in [5, 5.41) is 6.80. The van der Waals surface area contributed by atoms with Crippen molar-refractivity contribution >= 4 is 17.5 Å². The van der Waals surface area contributed by atoms with Gasteiger partial charge in [0.05, 0.1) is 0 Å². The molecule has 1 aromatic heterocycles. The molecular weight excluding hydrogens is 354 g/mol. The van der Waals surface area contributed by atoms with Crippen LogP contribution in [0.1, 0.15) is 35.5 Å². The molecule has 0 aliphatic heterocycles. The first-order valence-corrected chi connectivity index (χ1v) is 9.16. The molecule has 2 aromatic carbocycles. The van der Waals surface area contributed by atoms with Crippen molar-refractivity contribution in [1.29, 1.82) is 0 Å². The minimum absolute atomic E-state index is 0.0160. The molecule has 0 aliphatic rings. The van der Waals surface area contributed by atoms with Gasteiger partial charge in [-0.1, -0.05) is 47.1 Å². The summed E-state index contributed by atoms with van der Waals surface area (Å²) in [6.45, 7) is 6.62. The number of carbonyl (C=O) groups is 2. The highest BCUT2D eigenvalue weighted by Crippen LogP contribution is 2.21. The van der Waals surface area contributed by atoms with E-state index in [1.165, 1.54) is 0 Å². The van der Waals surface area contributed by atoms with Crippen molar-refractivity contribution in [3.05, 3.63) is 71.5 Å². The van der Waals surface area contributed by atoms with Gasteiger partial charge in [-0.25, -0.2) is 0 Å². The van der Waals surface area contributed by atoms with E-state index in [1.807, 2.05) is 56.3 Å². The Labute approximate surface area is 164 Å². The Kier molecular flexibility index (Phi) is 5.89. The van der Waals surface area contributed by atoms with Crippen molar-refractivity contribution in [1.82, 2.24) is 10.1 Å². The van der Waals surface area contributed by atoms with Gasteiger partial charge in [0.1, 0.15) is 5.69 Å². The normalized spacial score (nSPS) is 10.5. The van der Waals surface area contributed by atoms with Crippen molar-refractivity contribution in [2.75, 3.05) is 11.9 Å². The first-order chi connectivity index (χ1) is 13.5. The molecule has 2 amide bonds. The largest absolute Gasteiger partial charge is 0.350 e. The SMILES string of the molecule is CCN(Cc1cccc(NC(=O)c2cc(-c3ccc(C)cc3)no2)c1)C(C)=O. The number of benzene rings is 2. The van der Waals surface area contributed by atoms with Gasteiger partial charge < -0.3 is 14.7 Å². The molecule has 0 unspecified atom stereocenters. The van der Waals surface area contributed by atoms with E-state index in [1.54, 1.807) is 24.0 Å². The van der Waals surface area contributed by atoms with Gasteiger partial charge in [-0.15, -0.1) is 0 Å². The Morgan fingerprint density at radius 1 is 1.11 bits per heavy atom. The van der Waals surface area contributed by atoms with Crippen molar-refractivity contribution in [2.45, 2.75) is 27.3 Å². The van der Waals surface area contributed by atoms with Gasteiger partial charge >= 0.3 is 0 Å². The van der Waals surface area contributed by atoms with Crippen LogP contribution in [-0.2, 0) is 11.3 Å². The summed E-state index contributed by atoms with van der Waals surface area (Å²) in [5.41, 5.74) is 4.22. The van der Waals surface area contributed by atoms with Gasteiger partial charge in [0.2, 0.25) is 11.7 Å². The number of carbonyl (C=O) groups excluding carboxylic acids is 2. The Morgan fingerprint density at radius 2 is 1.86 bits per heavy atom. The fraction of sp³-hybridized carbons (Fsp3) is 0.227. The lowest BCUT2D eigenvalue weighted by molar-refractivity contribution is -0.129. The highest BCUT2D eigenvalue weighted by atomic mass is 16.5. The van der Waals surface area contributed by atoms with Crippen LogP contribution < -0.4 is 5.32 Å². The zero-order chi connectivity index (χ0) is 20.1. The summed E-state index contributed by atoms with van der Waals surface area (Å²) in [7, 11) is 0. The second-order valence-corrected chi connectivity index (χ2v) is 6.63. The summed E-state index contributed by atoms with van der Waals surface area (Å²) < 4.78 is 5.21. The van der Waals surface area contributed by atoms with E-state index in [4.69, 9.17) is 4.52 Å². The first-order valence-electron chi connectivity index (χ1n) is 9.16. The minimum atomic E-state index is -0.373. The Balaban J connectivity index is 1.70. The molecule has 1 N–H and O–H groups in total. The zero-order valence-electron chi connectivity index (χ0n) is 16.2. The molecule has 0 saturated carbocycles. The number of aromatic nitrogens is 1. The van der Waals surface area contributed by atoms with Crippen LogP contribution >= 0.6 is 0 Å². The van der Waals surface area contributed by atoms with Crippen molar-refractivity contribution in [3.8, 4) is 11.3 Å². The summed E-state index contributed by atoms with van der Waals surface area (Å²) in [6.07, 6.45) is 0. The van der Waals surface area contributed by atoms with Crippen molar-refractivity contribution < 1.29 is 14.1 Å². The van der Waals surface area contributed by atoms with Crippen LogP contribution in [0.5, 0.6) is 0 Å². The second-order valence-electron chi connectivity index (χ2n) is 6.63. The van der Waals surface area contributed by atoms with E-state index < -0.39 is 0 Å². The molecule has 3 aromatic rings. The Morgan fingerprint density at radius 3 is 2.54 bits per heavy atom. The average Bonchev–Trinajstić information content (AvgIpc) is 3.17. The van der Waals surface area contributed by atoms with E-state index >= 15 is 0 Å². The number of nitrogens with one attached hydrogen (secondary N) is 1. The summed E-state index contributed by atoms with van der Waals surface area (Å²) in [6, 6.07) is 16.9. The molecule has 144 valence electrons. The number of anilines is 1. The molecular formula is C22H23N3O3. The molecule has 0 fully saturated rings. The van der Waals surface area contributed by atoms with E-state index in [2.05, 4.69) is 10.5 Å². The number of rotatable bonds is 6. The maximum Gasteiger partial charge on any atom is 0.294 e. The maximum atomic E-state index is 12.5. The molecule has 1 heterocycles. The van der Waals surface area contributed by atoms with E-state index in [0.717, 1.165) is 16.7 Å². The van der Waals surface area contributed by atoms with Gasteiger partial charge in [0, 0.05) is 37.3 Å². The highest BCUT2D eigenvalue weighted by Gasteiger charge is 2.15. The molecule has 0 bridgehead atoms. The lowest BCUT2D eigenvalue weighted by Crippen LogP contribution is -2.27. The topological polar surface area (TPSA) is 75.4 Å². The number of hydrogen-bond acceptors (Lipinski definition) is 4.